The normalized spacial score (nSPS) is 17.1. The lowest BCUT2D eigenvalue weighted by Crippen LogP contribution is -2.49. The topological polar surface area (TPSA) is 144 Å². The van der Waals surface area contributed by atoms with Crippen molar-refractivity contribution in [1.29, 1.82) is 0 Å². The van der Waals surface area contributed by atoms with Gasteiger partial charge in [-0.1, -0.05) is 212 Å². The Bertz CT molecular complexity index is 5930. The molecule has 16 nitrogen and oxygen atoms in total. The fourth-order valence-electron chi connectivity index (χ4n) is 17.3. The van der Waals surface area contributed by atoms with Crippen LogP contribution in [-0.2, 0) is 26.2 Å². The van der Waals surface area contributed by atoms with Crippen LogP contribution in [0.25, 0.3) is 0 Å². The van der Waals surface area contributed by atoms with E-state index in [1.165, 1.54) is 80.3 Å². The van der Waals surface area contributed by atoms with Crippen LogP contribution in [-0.4, -0.2) is 154 Å². The molecule has 4 aliphatic heterocycles. The highest BCUT2D eigenvalue weighted by Crippen LogP contribution is 2.49. The lowest BCUT2D eigenvalue weighted by atomic mass is 9.98. The number of hydrogen-bond acceptors (Lipinski definition) is 16. The minimum atomic E-state index is -4.83. The van der Waals surface area contributed by atoms with E-state index in [1.807, 2.05) is 19.6 Å². The van der Waals surface area contributed by atoms with Gasteiger partial charge in [0.15, 0.2) is 24.4 Å². The van der Waals surface area contributed by atoms with Gasteiger partial charge in [-0.15, -0.1) is 39.5 Å². The van der Waals surface area contributed by atoms with Crippen LogP contribution in [0.1, 0.15) is 74.2 Å². The smallest absolute Gasteiger partial charge is 0.428 e. The van der Waals surface area contributed by atoms with E-state index in [4.69, 9.17) is 0 Å². The number of aliphatic hydroxyl groups is 4. The van der Waals surface area contributed by atoms with Gasteiger partial charge < -0.3 is 78.6 Å². The van der Waals surface area contributed by atoms with Crippen LogP contribution in [0.3, 0.4) is 0 Å². The summed E-state index contributed by atoms with van der Waals surface area (Å²) in [6, 6.07) is 81.5. The zero-order valence-corrected chi connectivity index (χ0v) is 75.1. The molecule has 12 aromatic carbocycles. The van der Waals surface area contributed by atoms with Gasteiger partial charge in [0, 0.05) is 52.4 Å². The van der Waals surface area contributed by atoms with E-state index >= 15 is 0 Å². The van der Waals surface area contributed by atoms with Gasteiger partial charge in [0.25, 0.3) is 0 Å². The highest BCUT2D eigenvalue weighted by Gasteiger charge is 2.49. The summed E-state index contributed by atoms with van der Waals surface area (Å²) in [5.74, 6) is -1.48. The third-order valence-electron chi connectivity index (χ3n) is 23.4. The summed E-state index contributed by atoms with van der Waals surface area (Å²) in [6.07, 6.45) is -52.6. The number of para-hydroxylation sites is 8. The van der Waals surface area contributed by atoms with Gasteiger partial charge in [-0.2, -0.15) is 70.2 Å². The van der Waals surface area contributed by atoms with E-state index in [1.54, 1.807) is 250 Å². The van der Waals surface area contributed by atoms with E-state index in [2.05, 4.69) is 18.9 Å². The van der Waals surface area contributed by atoms with Crippen molar-refractivity contribution in [2.24, 2.45) is 0 Å². The second-order valence-electron chi connectivity index (χ2n) is 33.7. The fourth-order valence-corrected chi connectivity index (χ4v) is 17.3. The summed E-state index contributed by atoms with van der Waals surface area (Å²) in [6.45, 7) is 0.637. The molecule has 0 aromatic heterocycles. The molecule has 143 heavy (non-hydrogen) atoms. The molecule has 0 saturated carbocycles. The van der Waals surface area contributed by atoms with Gasteiger partial charge in [0.1, 0.15) is 23.0 Å². The Kier molecular flexibility index (Phi) is 33.5. The van der Waals surface area contributed by atoms with Crippen LogP contribution in [0.2, 0.25) is 0 Å². The van der Waals surface area contributed by atoms with Crippen LogP contribution >= 0.6 is 0 Å². The highest BCUT2D eigenvalue weighted by molar-refractivity contribution is 5.79. The Balaban J connectivity index is 0.000000160. The third kappa shape index (κ3) is 28.9. The average molecular weight is 2030 g/mol. The molecule has 4 N–H and O–H groups in total. The van der Waals surface area contributed by atoms with Crippen molar-refractivity contribution in [2.45, 2.75) is 138 Å². The summed E-state index contributed by atoms with van der Waals surface area (Å²) >= 11 is 0. The van der Waals surface area contributed by atoms with Crippen LogP contribution in [0, 0.1) is 6.92 Å². The molecule has 0 unspecified atom stereocenters. The van der Waals surface area contributed by atoms with Crippen LogP contribution < -0.4 is 58.1 Å². The van der Waals surface area contributed by atoms with Crippen molar-refractivity contribution in [2.75, 3.05) is 91.6 Å². The molecule has 0 radical (unpaired) electrons. The molecule has 0 fully saturated rings. The van der Waals surface area contributed by atoms with E-state index in [-0.39, 0.29) is 69.6 Å². The minimum absolute atomic E-state index is 0.132. The maximum atomic E-state index is 13.4. The molecular weight excluding hydrogens is 1940 g/mol. The average Bonchev–Trinajstić information content (AvgIpc) is 0.773. The van der Waals surface area contributed by atoms with Crippen molar-refractivity contribution >= 4 is 45.5 Å². The monoisotopic (exact) mass is 2030 g/mol. The Hall–Kier alpha value is -13.7. The molecule has 0 spiro atoms. The van der Waals surface area contributed by atoms with Gasteiger partial charge in [0.05, 0.1) is 95.8 Å². The number of fused-ring (bicyclic) bond motifs is 4. The second kappa shape index (κ2) is 44.9. The first-order valence-corrected chi connectivity index (χ1v) is 44.0. The van der Waals surface area contributed by atoms with E-state index < -0.39 is 137 Å². The number of rotatable bonds is 26. The fraction of sp³-hybridized carbons (Fsp3) is 0.294. The number of aliphatic hydroxyl groups excluding tert-OH is 4. The number of ether oxygens (including phenoxy) is 4. The number of aryl methyl sites for hydroxylation is 1. The second-order valence-corrected chi connectivity index (χ2v) is 33.7. The van der Waals surface area contributed by atoms with Crippen molar-refractivity contribution in [3.8, 4) is 23.0 Å². The van der Waals surface area contributed by atoms with Crippen molar-refractivity contribution < 1.29 is 149 Å². The Labute approximate surface area is 803 Å². The third-order valence-corrected chi connectivity index (χ3v) is 23.4. The van der Waals surface area contributed by atoms with E-state index in [9.17, 15) is 130 Å². The first-order chi connectivity index (χ1) is 67.4. The van der Waals surface area contributed by atoms with Crippen LogP contribution in [0.15, 0.2) is 309 Å². The van der Waals surface area contributed by atoms with Crippen molar-refractivity contribution in [3.63, 3.8) is 0 Å². The summed E-state index contributed by atoms with van der Waals surface area (Å²) < 4.78 is 342. The van der Waals surface area contributed by atoms with Crippen LogP contribution in [0.5, 0.6) is 23.0 Å². The number of β-amino-alcohol motifs (C(OH)–C–C–N with tert-alkyl or cyclic N) is 4. The first kappa shape index (κ1) is 107. The SMILES string of the molecule is Cc1cc(CN2C[C@@H](c3ccccc3)N(C[C@@H](O)C(F)(F)F)c3ccccc32)cc(OC(F)(F)F)c1.O[C@@H](CN1c2ccccc2N(Cc2cccc(OC(F)(F)F)c2)C[C@H]1c1ccccc1)C(F)(F)F.O[C@H](CN1c2ccccc2N(Cc2cccc(OC(F)(F)C(F)F)c2)C[C@H]1c1ccccc1)C(F)(F)F.O[C@H](CN1c2ccccc2N(Cc2cccc(OC(F)(F)F)c2)C[C@H]1c1ccccc1)C(F)(F)F. The summed E-state index contributed by atoms with van der Waals surface area (Å²) in [5.41, 5.74) is 9.92. The van der Waals surface area contributed by atoms with Crippen molar-refractivity contribution in [1.82, 2.24) is 0 Å². The largest absolute Gasteiger partial charge is 0.573 e. The first-order valence-electron chi connectivity index (χ1n) is 44.0. The lowest BCUT2D eigenvalue weighted by molar-refractivity contribution is -0.275. The molecule has 4 aliphatic rings. The number of benzene rings is 12. The molecule has 41 heteroatoms. The number of hydrogen-bond donors (Lipinski definition) is 4. The van der Waals surface area contributed by atoms with Gasteiger partial charge in [-0.05, 0) is 154 Å². The van der Waals surface area contributed by atoms with Gasteiger partial charge in [-0.25, -0.2) is 0 Å². The molecule has 0 aliphatic carbocycles. The highest BCUT2D eigenvalue weighted by atomic mass is 19.4. The predicted octanol–water partition coefficient (Wildman–Crippen LogP) is 25.0. The molecule has 16 rings (SSSR count). The summed E-state index contributed by atoms with van der Waals surface area (Å²) in [7, 11) is 0. The molecule has 0 saturated heterocycles. The lowest BCUT2D eigenvalue weighted by Gasteiger charge is -2.45. The number of alkyl halides is 25. The Morgan fingerprint density at radius 2 is 0.469 bits per heavy atom. The van der Waals surface area contributed by atoms with E-state index in [0.717, 1.165) is 22.8 Å². The standard InChI is InChI=1S/C26H23F7N2O2.C26H24F6N2O2.2C25H22F6N2O2/c27-24(28)26(32,33)37-19-10-6-7-17(13-19)14-34-15-22(18-8-2-1-3-9-18)35(16-23(36)25(29,30)31)21-12-5-4-11-20(21)34;1-17-11-18(13-20(12-17)36-26(30,31)32)14-33-15-23(19-7-3-2-4-8-19)34(16-24(35)25(27,28)29)22-10-6-5-9-21(22)33;2*26-24(27,28)23(34)16-33-21-12-5-4-11-20(21)32(15-22(33)18-8-2-1-3-9-18)14-17-7-6-10-19(13-17)35-25(29,30)31/h1-13,22-24,36H,14-16H2;2-13,23-24,35H,14-16H2,1H3;2*1-13,22-23,34H,14-16H2/t22-,23+;23-,24+;22-,23+;22-,23-/m0000/s1. The molecule has 762 valence electrons. The van der Waals surface area contributed by atoms with Gasteiger partial charge >= 0.3 is 56.3 Å². The Morgan fingerprint density at radius 3 is 0.706 bits per heavy atom. The predicted molar refractivity (Wildman–Crippen MR) is 486 cm³/mol. The summed E-state index contributed by atoms with van der Waals surface area (Å²) in [4.78, 5) is 13.7. The molecule has 12 aromatic rings. The van der Waals surface area contributed by atoms with Gasteiger partial charge in [-0.3, -0.25) is 0 Å². The summed E-state index contributed by atoms with van der Waals surface area (Å²) in [5, 5.41) is 39.5. The van der Waals surface area contributed by atoms with Crippen LogP contribution in [0.4, 0.5) is 155 Å². The zero-order valence-electron chi connectivity index (χ0n) is 75.1. The Morgan fingerprint density at radius 1 is 0.252 bits per heavy atom. The molecular formula is C102H91F25N8O8. The maximum Gasteiger partial charge on any atom is 0.573 e. The molecule has 8 atom stereocenters. The number of halogens is 25. The maximum absolute atomic E-state index is 13.4. The number of nitrogens with zero attached hydrogens (tertiary/aromatic N) is 8. The molecule has 0 bridgehead atoms. The van der Waals surface area contributed by atoms with Crippen molar-refractivity contribution in [3.05, 3.63) is 359 Å². The quantitative estimate of drug-likeness (QED) is 0.0381. The van der Waals surface area contributed by atoms with Gasteiger partial charge in [0.2, 0.25) is 0 Å². The minimum Gasteiger partial charge on any atom is -0.428 e. The number of anilines is 8. The van der Waals surface area contributed by atoms with E-state index in [0.29, 0.717) is 78.9 Å². The zero-order chi connectivity index (χ0) is 103. The molecule has 4 heterocycles. The molecule has 0 amide bonds.